The molecule has 0 radical (unpaired) electrons. The van der Waals surface area contributed by atoms with Crippen LogP contribution in [-0.4, -0.2) is 32.6 Å². The molecule has 1 atom stereocenters. The van der Waals surface area contributed by atoms with E-state index in [0.29, 0.717) is 42.7 Å². The fraction of sp³-hybridized carbons (Fsp3) is 0.200. The third-order valence-corrected chi connectivity index (χ3v) is 8.58. The number of halogens is 4. The van der Waals surface area contributed by atoms with Crippen LogP contribution >= 0.6 is 11.8 Å². The van der Waals surface area contributed by atoms with Gasteiger partial charge in [-0.25, -0.2) is 22.5 Å². The Kier molecular flexibility index (Phi) is 6.77. The number of rotatable bonds is 7. The van der Waals surface area contributed by atoms with Crippen molar-refractivity contribution in [2.45, 2.75) is 41.4 Å². The summed E-state index contributed by atoms with van der Waals surface area (Å²) in [7, 11) is 0. The molecule has 210 valence electrons. The summed E-state index contributed by atoms with van der Waals surface area (Å²) in [6, 6.07) is 10.9. The lowest BCUT2D eigenvalue weighted by Gasteiger charge is -2.36. The van der Waals surface area contributed by atoms with E-state index in [1.807, 2.05) is 25.1 Å². The van der Waals surface area contributed by atoms with Gasteiger partial charge in [0.1, 0.15) is 23.2 Å². The number of carboxylic acids is 1. The van der Waals surface area contributed by atoms with Crippen LogP contribution in [0.3, 0.4) is 0 Å². The number of aliphatic carboxylic acids is 1. The third-order valence-electron chi connectivity index (χ3n) is 7.53. The van der Waals surface area contributed by atoms with E-state index in [1.165, 1.54) is 30.5 Å². The fourth-order valence-corrected chi connectivity index (χ4v) is 6.18. The number of hydrogen-bond donors (Lipinski definition) is 3. The van der Waals surface area contributed by atoms with Crippen molar-refractivity contribution >= 4 is 28.6 Å². The van der Waals surface area contributed by atoms with Gasteiger partial charge in [0.15, 0.2) is 11.6 Å². The van der Waals surface area contributed by atoms with Crippen molar-refractivity contribution in [3.8, 4) is 17.1 Å². The number of hydrogen-bond acceptors (Lipinski definition) is 4. The van der Waals surface area contributed by atoms with E-state index in [4.69, 9.17) is 9.84 Å². The smallest absolute Gasteiger partial charge is 0.303 e. The van der Waals surface area contributed by atoms with E-state index in [0.717, 1.165) is 11.1 Å². The van der Waals surface area contributed by atoms with Crippen molar-refractivity contribution in [1.29, 1.82) is 0 Å². The summed E-state index contributed by atoms with van der Waals surface area (Å²) >= 11 is 0.653. The van der Waals surface area contributed by atoms with Gasteiger partial charge in [0.25, 0.3) is 0 Å². The van der Waals surface area contributed by atoms with Crippen LogP contribution in [0.25, 0.3) is 22.3 Å². The molecule has 0 saturated carbocycles. The second-order valence-electron chi connectivity index (χ2n) is 10.0. The molecule has 6 rings (SSSR count). The Bertz CT molecular complexity index is 1820. The van der Waals surface area contributed by atoms with Gasteiger partial charge in [0.2, 0.25) is 0 Å². The molecule has 1 aliphatic heterocycles. The molecule has 0 spiro atoms. The minimum atomic E-state index is -1.33. The topological polar surface area (TPSA) is 91.0 Å². The summed E-state index contributed by atoms with van der Waals surface area (Å²) in [5.74, 6) is -4.08. The number of nitrogens with one attached hydrogen (secondary N) is 2. The van der Waals surface area contributed by atoms with Crippen LogP contribution in [0, 0.1) is 23.3 Å². The Labute approximate surface area is 235 Å². The van der Waals surface area contributed by atoms with Gasteiger partial charge in [-0.3, -0.25) is 4.79 Å². The number of ether oxygens (including phenoxy) is 1. The summed E-state index contributed by atoms with van der Waals surface area (Å²) in [6.07, 6.45) is 3.82. The number of aromatic nitrogens is 3. The quantitative estimate of drug-likeness (QED) is 0.138. The number of fused-ring (bicyclic) bond motifs is 2. The summed E-state index contributed by atoms with van der Waals surface area (Å²) in [5.41, 5.74) is 1.58. The molecule has 3 N–H and O–H groups in total. The predicted molar refractivity (Wildman–Crippen MR) is 145 cm³/mol. The van der Waals surface area contributed by atoms with Crippen LogP contribution in [-0.2, 0) is 16.6 Å². The lowest BCUT2D eigenvalue weighted by molar-refractivity contribution is -0.136. The highest BCUT2D eigenvalue weighted by Crippen LogP contribution is 2.45. The number of para-hydroxylation sites is 1. The highest BCUT2D eigenvalue weighted by molar-refractivity contribution is 7.99. The van der Waals surface area contributed by atoms with Crippen LogP contribution < -0.4 is 4.74 Å². The number of H-pyrrole nitrogens is 2. The summed E-state index contributed by atoms with van der Waals surface area (Å²) in [6.45, 7) is 2.40. The molecule has 3 aromatic carbocycles. The molecule has 5 aromatic rings. The van der Waals surface area contributed by atoms with Gasteiger partial charge < -0.3 is 19.8 Å². The van der Waals surface area contributed by atoms with Crippen molar-refractivity contribution in [2.24, 2.45) is 0 Å². The summed E-state index contributed by atoms with van der Waals surface area (Å²) in [4.78, 5) is 21.0. The molecule has 0 unspecified atom stereocenters. The molecule has 0 aliphatic carbocycles. The zero-order valence-corrected chi connectivity index (χ0v) is 22.5. The SMILES string of the molecule is C[C@@]1(c2cnc(-c3cc(Sc4c(F)c(F)c5[nH]ccc5c4F)ccc3F)[nH]2)CCOc2c(CCC(=O)O)cccc21. The molecular formula is C30H23F4N3O3S. The maximum atomic E-state index is 15.0. The van der Waals surface area contributed by atoms with E-state index < -0.39 is 39.5 Å². The van der Waals surface area contributed by atoms with E-state index in [9.17, 15) is 13.6 Å². The number of nitrogens with zero attached hydrogens (tertiary/aromatic N) is 1. The largest absolute Gasteiger partial charge is 0.493 e. The average Bonchev–Trinajstić information content (AvgIpc) is 3.65. The van der Waals surface area contributed by atoms with Crippen LogP contribution in [0.1, 0.15) is 36.6 Å². The first-order valence-electron chi connectivity index (χ1n) is 12.8. The minimum absolute atomic E-state index is 0.0299. The zero-order chi connectivity index (χ0) is 28.9. The average molecular weight is 582 g/mol. The Balaban J connectivity index is 1.34. The lowest BCUT2D eigenvalue weighted by atomic mass is 9.74. The second kappa shape index (κ2) is 10.3. The Morgan fingerprint density at radius 3 is 2.76 bits per heavy atom. The van der Waals surface area contributed by atoms with Crippen LogP contribution in [0.5, 0.6) is 5.75 Å². The van der Waals surface area contributed by atoms with Gasteiger partial charge in [0, 0.05) is 45.8 Å². The van der Waals surface area contributed by atoms with Gasteiger partial charge in [-0.1, -0.05) is 30.0 Å². The molecular weight excluding hydrogens is 558 g/mol. The monoisotopic (exact) mass is 581 g/mol. The Morgan fingerprint density at radius 1 is 1.12 bits per heavy atom. The summed E-state index contributed by atoms with van der Waals surface area (Å²) in [5, 5.41) is 9.04. The van der Waals surface area contributed by atoms with Gasteiger partial charge in [-0.05, 0) is 49.6 Å². The Hall–Kier alpha value is -4.25. The second-order valence-corrected chi connectivity index (χ2v) is 11.1. The molecule has 0 fully saturated rings. The molecule has 3 heterocycles. The highest BCUT2D eigenvalue weighted by atomic mass is 32.2. The molecule has 2 aromatic heterocycles. The number of carboxylic acid groups (broad SMARTS) is 1. The van der Waals surface area contributed by atoms with Crippen molar-refractivity contribution in [3.05, 3.63) is 94.9 Å². The van der Waals surface area contributed by atoms with Crippen LogP contribution in [0.2, 0.25) is 0 Å². The molecule has 1 aliphatic rings. The van der Waals surface area contributed by atoms with Gasteiger partial charge in [-0.2, -0.15) is 0 Å². The zero-order valence-electron chi connectivity index (χ0n) is 21.7. The number of aryl methyl sites for hydroxylation is 1. The van der Waals surface area contributed by atoms with E-state index in [1.54, 1.807) is 6.20 Å². The van der Waals surface area contributed by atoms with E-state index in [2.05, 4.69) is 15.0 Å². The number of imidazole rings is 1. The maximum absolute atomic E-state index is 15.0. The molecule has 0 saturated heterocycles. The van der Waals surface area contributed by atoms with Gasteiger partial charge >= 0.3 is 5.97 Å². The number of carbonyl (C=O) groups is 1. The van der Waals surface area contributed by atoms with Gasteiger partial charge in [-0.15, -0.1) is 0 Å². The minimum Gasteiger partial charge on any atom is -0.493 e. The molecule has 0 amide bonds. The lowest BCUT2D eigenvalue weighted by Crippen LogP contribution is -2.32. The number of aromatic amines is 2. The van der Waals surface area contributed by atoms with Crippen LogP contribution in [0.15, 0.2) is 64.6 Å². The van der Waals surface area contributed by atoms with Crippen molar-refractivity contribution in [1.82, 2.24) is 15.0 Å². The molecule has 41 heavy (non-hydrogen) atoms. The first-order chi connectivity index (χ1) is 19.7. The van der Waals surface area contributed by atoms with Gasteiger partial charge in [0.05, 0.1) is 22.6 Å². The predicted octanol–water partition coefficient (Wildman–Crippen LogP) is 7.37. The van der Waals surface area contributed by atoms with E-state index in [-0.39, 0.29) is 33.6 Å². The maximum Gasteiger partial charge on any atom is 0.303 e. The summed E-state index contributed by atoms with van der Waals surface area (Å²) < 4.78 is 65.3. The van der Waals surface area contributed by atoms with Crippen LogP contribution in [0.4, 0.5) is 17.6 Å². The fourth-order valence-electron chi connectivity index (χ4n) is 5.26. The first-order valence-corrected chi connectivity index (χ1v) is 13.6. The number of benzene rings is 3. The van der Waals surface area contributed by atoms with Crippen molar-refractivity contribution in [2.75, 3.05) is 6.61 Å². The highest BCUT2D eigenvalue weighted by Gasteiger charge is 2.38. The third kappa shape index (κ3) is 4.63. The standard InChI is InChI=1S/C30H23F4N3O3S/c1-30(10-12-40-27-15(5-8-22(38)39)3-2-4-19(27)30)21-14-36-29(37-21)18-13-16(6-7-20(18)31)41-28-23(32)17-9-11-35-26(17)24(33)25(28)34/h2-4,6-7,9,11,13-14,35H,5,8,10,12H2,1H3,(H,36,37)(H,38,39)/t30-/m1/s1. The molecule has 11 heteroatoms. The van der Waals surface area contributed by atoms with Crippen molar-refractivity contribution < 1.29 is 32.2 Å². The molecule has 0 bridgehead atoms. The normalized spacial score (nSPS) is 16.5. The molecule has 6 nitrogen and oxygen atoms in total. The van der Waals surface area contributed by atoms with Crippen molar-refractivity contribution in [3.63, 3.8) is 0 Å². The first kappa shape index (κ1) is 26.9. The Morgan fingerprint density at radius 2 is 1.95 bits per heavy atom. The van der Waals surface area contributed by atoms with E-state index >= 15 is 8.78 Å².